The van der Waals surface area contributed by atoms with E-state index in [4.69, 9.17) is 16.2 Å². The highest BCUT2D eigenvalue weighted by atomic mass is 33.1. The quantitative estimate of drug-likeness (QED) is 0.165. The molecular weight excluding hydrogens is 506 g/mol. The molecule has 3 amide bonds. The Hall–Kier alpha value is -2.70. The highest BCUT2D eigenvalue weighted by Gasteiger charge is 2.24. The van der Waals surface area contributed by atoms with Crippen LogP contribution in [0.4, 0.5) is 11.4 Å². The molecule has 0 bridgehead atoms. The fraction of sp³-hybridized carbons (Fsp3) is 0.348. The Morgan fingerprint density at radius 3 is 2.51 bits per heavy atom. The second-order valence-corrected chi connectivity index (χ2v) is 11.4. The van der Waals surface area contributed by atoms with Gasteiger partial charge in [0, 0.05) is 59.7 Å². The van der Waals surface area contributed by atoms with Gasteiger partial charge in [-0.1, -0.05) is 21.6 Å². The van der Waals surface area contributed by atoms with Gasteiger partial charge in [0.15, 0.2) is 0 Å². The molecule has 9 nitrogen and oxygen atoms in total. The molecule has 2 aromatic rings. The Balaban J connectivity index is 1.31. The van der Waals surface area contributed by atoms with Crippen molar-refractivity contribution in [2.45, 2.75) is 11.4 Å². The number of carbonyl (C=O) groups is 3. The molecule has 0 aliphatic carbocycles. The number of hydrogen-bond acceptors (Lipinski definition) is 9. The van der Waals surface area contributed by atoms with E-state index in [0.717, 1.165) is 22.0 Å². The number of ether oxygens (including phenoxy) is 1. The van der Waals surface area contributed by atoms with Gasteiger partial charge in [-0.25, -0.2) is 0 Å². The molecule has 6 N–H and O–H groups in total. The molecule has 35 heavy (non-hydrogen) atoms. The Morgan fingerprint density at radius 1 is 1.06 bits per heavy atom. The Labute approximate surface area is 216 Å². The van der Waals surface area contributed by atoms with Crippen LogP contribution in [0, 0.1) is 0 Å². The molecule has 2 aromatic carbocycles. The molecule has 0 atom stereocenters. The van der Waals surface area contributed by atoms with Gasteiger partial charge in [-0.2, -0.15) is 0 Å². The van der Waals surface area contributed by atoms with E-state index < -0.39 is 11.8 Å². The van der Waals surface area contributed by atoms with Gasteiger partial charge < -0.3 is 31.7 Å². The Morgan fingerprint density at radius 2 is 1.80 bits per heavy atom. The number of fused-ring (bicyclic) bond motifs is 1. The molecular formula is C23H29N5O4S3. The van der Waals surface area contributed by atoms with Crippen LogP contribution in [-0.4, -0.2) is 66.6 Å². The standard InChI is InChI=1S/C23H29N5O4S3/c1-32-17-3-5-20-15(12-17)14-28(8-11-33-20)23(31)22(30)27-7-10-35-34-9-6-26-21(29)18-4-2-16(24)13-19(18)25/h2-5,12-13H,6-11,14,24-25H2,1H3,(H,26,29)(H,27,30). The van der Waals surface area contributed by atoms with E-state index in [0.29, 0.717) is 54.6 Å². The predicted molar refractivity (Wildman–Crippen MR) is 145 cm³/mol. The number of nitrogen functional groups attached to an aromatic ring is 2. The summed E-state index contributed by atoms with van der Waals surface area (Å²) in [6.07, 6.45) is 0. The van der Waals surface area contributed by atoms with Crippen LogP contribution in [0.5, 0.6) is 5.75 Å². The summed E-state index contributed by atoms with van der Waals surface area (Å²) in [5.41, 5.74) is 13.7. The number of hydrogen-bond donors (Lipinski definition) is 4. The summed E-state index contributed by atoms with van der Waals surface area (Å²) in [5, 5.41) is 5.51. The van der Waals surface area contributed by atoms with Crippen molar-refractivity contribution in [2.75, 3.05) is 55.5 Å². The molecule has 1 heterocycles. The number of thioether (sulfide) groups is 1. The minimum Gasteiger partial charge on any atom is -0.497 e. The van der Waals surface area contributed by atoms with Crippen molar-refractivity contribution < 1.29 is 19.1 Å². The Bertz CT molecular complexity index is 1070. The maximum Gasteiger partial charge on any atom is 0.312 e. The number of carbonyl (C=O) groups excluding carboxylic acids is 3. The van der Waals surface area contributed by atoms with E-state index >= 15 is 0 Å². The van der Waals surface area contributed by atoms with Crippen molar-refractivity contribution in [1.29, 1.82) is 0 Å². The molecule has 12 heteroatoms. The molecule has 0 aromatic heterocycles. The first kappa shape index (κ1) is 26.9. The molecule has 3 rings (SSSR count). The lowest BCUT2D eigenvalue weighted by molar-refractivity contribution is -0.146. The molecule has 1 aliphatic rings. The van der Waals surface area contributed by atoms with Crippen molar-refractivity contribution in [2.24, 2.45) is 0 Å². The van der Waals surface area contributed by atoms with Crippen LogP contribution < -0.4 is 26.8 Å². The SMILES string of the molecule is COc1ccc2c(c1)CN(C(=O)C(=O)NCCSSCCNC(=O)c1ccc(N)cc1N)CCS2. The maximum atomic E-state index is 12.6. The summed E-state index contributed by atoms with van der Waals surface area (Å²) in [4.78, 5) is 39.9. The number of nitrogens with one attached hydrogen (secondary N) is 2. The number of nitrogens with two attached hydrogens (primary N) is 2. The lowest BCUT2D eigenvalue weighted by Crippen LogP contribution is -2.43. The minimum absolute atomic E-state index is 0.244. The van der Waals surface area contributed by atoms with Gasteiger partial charge in [-0.05, 0) is 42.0 Å². The van der Waals surface area contributed by atoms with Gasteiger partial charge in [0.25, 0.3) is 5.91 Å². The first-order chi connectivity index (χ1) is 16.9. The lowest BCUT2D eigenvalue weighted by Gasteiger charge is -2.20. The van der Waals surface area contributed by atoms with Crippen molar-refractivity contribution in [1.82, 2.24) is 15.5 Å². The van der Waals surface area contributed by atoms with Gasteiger partial charge in [0.2, 0.25) is 0 Å². The Kier molecular flexibility index (Phi) is 10.3. The molecule has 1 aliphatic heterocycles. The smallest absolute Gasteiger partial charge is 0.312 e. The number of rotatable bonds is 9. The van der Waals surface area contributed by atoms with Crippen LogP contribution in [0.2, 0.25) is 0 Å². The van der Waals surface area contributed by atoms with Crippen molar-refractivity contribution in [3.63, 3.8) is 0 Å². The van der Waals surface area contributed by atoms with E-state index in [1.165, 1.54) is 0 Å². The van der Waals surface area contributed by atoms with Gasteiger partial charge in [-0.3, -0.25) is 14.4 Å². The summed E-state index contributed by atoms with van der Waals surface area (Å²) in [6.45, 7) is 1.74. The molecule has 188 valence electrons. The van der Waals surface area contributed by atoms with Gasteiger partial charge in [0.05, 0.1) is 12.7 Å². The molecule has 0 saturated carbocycles. The first-order valence-electron chi connectivity index (χ1n) is 10.9. The fourth-order valence-corrected chi connectivity index (χ4v) is 6.12. The number of benzene rings is 2. The molecule has 0 radical (unpaired) electrons. The molecule has 0 unspecified atom stereocenters. The van der Waals surface area contributed by atoms with Crippen molar-refractivity contribution in [3.8, 4) is 5.75 Å². The van der Waals surface area contributed by atoms with Gasteiger partial charge >= 0.3 is 11.8 Å². The highest BCUT2D eigenvalue weighted by molar-refractivity contribution is 8.76. The summed E-state index contributed by atoms with van der Waals surface area (Å²) in [6, 6.07) is 10.6. The number of nitrogens with zero attached hydrogens (tertiary/aromatic N) is 1. The van der Waals surface area contributed by atoms with Gasteiger partial charge in [-0.15, -0.1) is 11.8 Å². The van der Waals surface area contributed by atoms with Crippen molar-refractivity contribution >= 4 is 62.4 Å². The predicted octanol–water partition coefficient (Wildman–Crippen LogP) is 2.22. The van der Waals surface area contributed by atoms with E-state index in [2.05, 4.69) is 10.6 Å². The topological polar surface area (TPSA) is 140 Å². The summed E-state index contributed by atoms with van der Waals surface area (Å²) >= 11 is 1.67. The third kappa shape index (κ3) is 7.91. The highest BCUT2D eigenvalue weighted by Crippen LogP contribution is 2.30. The zero-order valence-electron chi connectivity index (χ0n) is 19.4. The minimum atomic E-state index is -0.597. The molecule has 0 spiro atoms. The van der Waals surface area contributed by atoms with Crippen molar-refractivity contribution in [3.05, 3.63) is 47.5 Å². The third-order valence-electron chi connectivity index (χ3n) is 5.07. The van der Waals surface area contributed by atoms with E-state index in [1.54, 1.807) is 63.6 Å². The van der Waals surface area contributed by atoms with Gasteiger partial charge in [0.1, 0.15) is 5.75 Å². The zero-order chi connectivity index (χ0) is 25.2. The normalized spacial score (nSPS) is 12.9. The van der Waals surface area contributed by atoms with E-state index in [1.807, 2.05) is 18.2 Å². The van der Waals surface area contributed by atoms with Crippen LogP contribution in [0.3, 0.4) is 0 Å². The third-order valence-corrected chi connectivity index (χ3v) is 8.58. The second kappa shape index (κ2) is 13.4. The largest absolute Gasteiger partial charge is 0.497 e. The maximum absolute atomic E-state index is 12.6. The monoisotopic (exact) mass is 535 g/mol. The van der Waals surface area contributed by atoms with Crippen LogP contribution in [0.15, 0.2) is 41.3 Å². The van der Waals surface area contributed by atoms with E-state index in [-0.39, 0.29) is 5.91 Å². The van der Waals surface area contributed by atoms with Crippen LogP contribution in [0.1, 0.15) is 15.9 Å². The first-order valence-corrected chi connectivity index (χ1v) is 14.4. The molecule has 0 saturated heterocycles. The number of anilines is 2. The van der Waals surface area contributed by atoms with Crippen LogP contribution in [0.25, 0.3) is 0 Å². The lowest BCUT2D eigenvalue weighted by atomic mass is 10.1. The average Bonchev–Trinajstić information content (AvgIpc) is 3.06. The zero-order valence-corrected chi connectivity index (χ0v) is 21.8. The summed E-state index contributed by atoms with van der Waals surface area (Å²) in [7, 11) is 4.74. The van der Waals surface area contributed by atoms with Crippen LogP contribution >= 0.6 is 33.3 Å². The summed E-state index contributed by atoms with van der Waals surface area (Å²) < 4.78 is 5.28. The average molecular weight is 536 g/mol. The summed E-state index contributed by atoms with van der Waals surface area (Å²) in [5.74, 6) is 1.42. The van der Waals surface area contributed by atoms with E-state index in [9.17, 15) is 14.4 Å². The fourth-order valence-electron chi connectivity index (χ4n) is 3.30. The number of methoxy groups -OCH3 is 1. The van der Waals surface area contributed by atoms with Crippen LogP contribution in [-0.2, 0) is 16.1 Å². The number of amides is 3. The second-order valence-electron chi connectivity index (χ2n) is 7.55. The molecule has 0 fully saturated rings.